The quantitative estimate of drug-likeness (QED) is 0.477. The minimum absolute atomic E-state index is 0.229. The van der Waals surface area contributed by atoms with Gasteiger partial charge in [-0.3, -0.25) is 0 Å². The van der Waals surface area contributed by atoms with E-state index in [1.807, 2.05) is 31.2 Å². The molecule has 0 aliphatic heterocycles. The fourth-order valence-corrected chi connectivity index (χ4v) is 3.44. The van der Waals surface area contributed by atoms with E-state index in [1.165, 1.54) is 17.3 Å². The first-order valence-electron chi connectivity index (χ1n) is 7.19. The minimum Gasteiger partial charge on any atom is -0.484 e. The van der Waals surface area contributed by atoms with Gasteiger partial charge in [0.1, 0.15) is 5.75 Å². The number of aryl methyl sites for hydroxylation is 1. The highest BCUT2D eigenvalue weighted by Gasteiger charge is 2.09. The van der Waals surface area contributed by atoms with Gasteiger partial charge in [-0.15, -0.1) is 10.2 Å². The molecule has 3 aromatic rings. The second-order valence-corrected chi connectivity index (χ2v) is 7.36. The van der Waals surface area contributed by atoms with Crippen molar-refractivity contribution in [2.45, 2.75) is 24.5 Å². The molecule has 4 nitrogen and oxygen atoms in total. The van der Waals surface area contributed by atoms with E-state index >= 15 is 0 Å². The van der Waals surface area contributed by atoms with E-state index < -0.39 is 0 Å². The van der Waals surface area contributed by atoms with Crippen molar-refractivity contribution in [3.8, 4) is 5.75 Å². The molecule has 0 unspecified atom stereocenters. The lowest BCUT2D eigenvalue weighted by atomic mass is 10.2. The van der Waals surface area contributed by atoms with E-state index in [0.29, 0.717) is 16.1 Å². The van der Waals surface area contributed by atoms with Crippen LogP contribution in [-0.2, 0) is 12.4 Å². The summed E-state index contributed by atoms with van der Waals surface area (Å²) in [4.78, 5) is 0. The van der Waals surface area contributed by atoms with Crippen LogP contribution in [0.15, 0.2) is 56.6 Å². The number of nitrogens with zero attached hydrogens (tertiary/aromatic N) is 2. The van der Waals surface area contributed by atoms with Gasteiger partial charge in [0.25, 0.3) is 11.1 Å². The van der Waals surface area contributed by atoms with Gasteiger partial charge in [-0.05, 0) is 48.4 Å². The molecule has 2 aromatic carbocycles. The highest BCUT2D eigenvalue weighted by Crippen LogP contribution is 2.25. The van der Waals surface area contributed by atoms with Crippen LogP contribution in [0.4, 0.5) is 0 Å². The SMILES string of the molecule is Cc1cc(Cl)ccc1OCc1nnc(SCc2cccc(Br)c2)o1. The van der Waals surface area contributed by atoms with Crippen molar-refractivity contribution >= 4 is 39.3 Å². The number of rotatable bonds is 6. The molecule has 3 rings (SSSR count). The standard InChI is InChI=1S/C17H14BrClN2O2S/c1-11-7-14(19)5-6-15(11)22-9-16-20-21-17(23-16)24-10-12-3-2-4-13(18)8-12/h2-8H,9-10H2,1H3. The fraction of sp³-hybridized carbons (Fsp3) is 0.176. The van der Waals surface area contributed by atoms with E-state index in [0.717, 1.165) is 21.5 Å². The van der Waals surface area contributed by atoms with Crippen molar-refractivity contribution in [2.75, 3.05) is 0 Å². The van der Waals surface area contributed by atoms with Crippen LogP contribution in [-0.4, -0.2) is 10.2 Å². The van der Waals surface area contributed by atoms with E-state index in [1.54, 1.807) is 6.07 Å². The maximum absolute atomic E-state index is 5.93. The highest BCUT2D eigenvalue weighted by molar-refractivity contribution is 9.10. The Balaban J connectivity index is 1.55. The second kappa shape index (κ2) is 8.05. The van der Waals surface area contributed by atoms with E-state index in [9.17, 15) is 0 Å². The summed E-state index contributed by atoms with van der Waals surface area (Å²) in [6, 6.07) is 13.6. The molecule has 0 fully saturated rings. The summed E-state index contributed by atoms with van der Waals surface area (Å²) in [6.07, 6.45) is 0. The van der Waals surface area contributed by atoms with Gasteiger partial charge in [0, 0.05) is 15.2 Å². The summed E-state index contributed by atoms with van der Waals surface area (Å²) in [5.41, 5.74) is 2.15. The highest BCUT2D eigenvalue weighted by atomic mass is 79.9. The van der Waals surface area contributed by atoms with Gasteiger partial charge in [-0.2, -0.15) is 0 Å². The van der Waals surface area contributed by atoms with Gasteiger partial charge in [0.15, 0.2) is 6.61 Å². The topological polar surface area (TPSA) is 48.2 Å². The normalized spacial score (nSPS) is 10.8. The molecule has 0 atom stereocenters. The number of thioether (sulfide) groups is 1. The number of hydrogen-bond donors (Lipinski definition) is 0. The second-order valence-electron chi connectivity index (χ2n) is 5.08. The third kappa shape index (κ3) is 4.75. The van der Waals surface area contributed by atoms with Crippen LogP contribution in [0, 0.1) is 6.92 Å². The van der Waals surface area contributed by atoms with E-state index in [2.05, 4.69) is 38.3 Å². The fourth-order valence-electron chi connectivity index (χ4n) is 2.04. The van der Waals surface area contributed by atoms with Gasteiger partial charge in [0.2, 0.25) is 0 Å². The molecule has 0 radical (unpaired) electrons. The largest absolute Gasteiger partial charge is 0.484 e. The molecule has 0 aliphatic rings. The van der Waals surface area contributed by atoms with Crippen LogP contribution < -0.4 is 4.74 Å². The minimum atomic E-state index is 0.229. The number of hydrogen-bond acceptors (Lipinski definition) is 5. The number of halogens is 2. The molecule has 0 amide bonds. The molecule has 0 saturated heterocycles. The molecule has 24 heavy (non-hydrogen) atoms. The average Bonchev–Trinajstić information content (AvgIpc) is 3.00. The van der Waals surface area contributed by atoms with Crippen LogP contribution in [0.5, 0.6) is 5.75 Å². The lowest BCUT2D eigenvalue weighted by molar-refractivity contribution is 0.251. The maximum atomic E-state index is 5.93. The first-order valence-corrected chi connectivity index (χ1v) is 9.34. The Kier molecular flexibility index (Phi) is 5.81. The van der Waals surface area contributed by atoms with Crippen molar-refractivity contribution in [3.63, 3.8) is 0 Å². The monoisotopic (exact) mass is 424 g/mol. The summed E-state index contributed by atoms with van der Waals surface area (Å²) in [6.45, 7) is 2.17. The van der Waals surface area contributed by atoms with Crippen LogP contribution in [0.25, 0.3) is 0 Å². The van der Waals surface area contributed by atoms with Crippen LogP contribution >= 0.6 is 39.3 Å². The van der Waals surface area contributed by atoms with Gasteiger partial charge in [-0.1, -0.05) is 51.4 Å². The summed E-state index contributed by atoms with van der Waals surface area (Å²) >= 11 is 10.9. The Morgan fingerprint density at radius 3 is 2.88 bits per heavy atom. The Bertz CT molecular complexity index is 841. The van der Waals surface area contributed by atoms with Gasteiger partial charge < -0.3 is 9.15 Å². The zero-order valence-electron chi connectivity index (χ0n) is 12.8. The molecule has 0 spiro atoms. The van der Waals surface area contributed by atoms with E-state index in [4.69, 9.17) is 20.8 Å². The van der Waals surface area contributed by atoms with Gasteiger partial charge in [-0.25, -0.2) is 0 Å². The average molecular weight is 426 g/mol. The Labute approximate surface area is 157 Å². The van der Waals surface area contributed by atoms with Gasteiger partial charge in [0.05, 0.1) is 0 Å². The molecule has 0 bridgehead atoms. The third-order valence-electron chi connectivity index (χ3n) is 3.19. The number of ether oxygens (including phenoxy) is 1. The lowest BCUT2D eigenvalue weighted by Gasteiger charge is -2.06. The molecule has 0 aliphatic carbocycles. The molecule has 7 heteroatoms. The van der Waals surface area contributed by atoms with Crippen molar-refractivity contribution < 1.29 is 9.15 Å². The molecule has 0 N–H and O–H groups in total. The Morgan fingerprint density at radius 1 is 1.21 bits per heavy atom. The summed E-state index contributed by atoms with van der Waals surface area (Å²) in [5, 5.41) is 9.26. The zero-order chi connectivity index (χ0) is 16.9. The maximum Gasteiger partial charge on any atom is 0.277 e. The molecule has 1 heterocycles. The first-order chi connectivity index (χ1) is 11.6. The lowest BCUT2D eigenvalue weighted by Crippen LogP contribution is -1.97. The van der Waals surface area contributed by atoms with Crippen LogP contribution in [0.2, 0.25) is 5.02 Å². The third-order valence-corrected chi connectivity index (χ3v) is 4.81. The molecule has 1 aromatic heterocycles. The smallest absolute Gasteiger partial charge is 0.277 e. The first kappa shape index (κ1) is 17.3. The van der Waals surface area contributed by atoms with Crippen molar-refractivity contribution in [1.82, 2.24) is 10.2 Å². The van der Waals surface area contributed by atoms with Crippen molar-refractivity contribution in [1.29, 1.82) is 0 Å². The molecular formula is C17H14BrClN2O2S. The zero-order valence-corrected chi connectivity index (χ0v) is 16.0. The molecule has 0 saturated carbocycles. The summed E-state index contributed by atoms with van der Waals surface area (Å²) in [5.74, 6) is 1.96. The van der Waals surface area contributed by atoms with Crippen molar-refractivity contribution in [3.05, 3.63) is 69.0 Å². The van der Waals surface area contributed by atoms with Crippen molar-refractivity contribution in [2.24, 2.45) is 0 Å². The summed E-state index contributed by atoms with van der Waals surface area (Å²) < 4.78 is 12.4. The van der Waals surface area contributed by atoms with Gasteiger partial charge >= 0.3 is 0 Å². The molecular weight excluding hydrogens is 412 g/mol. The predicted molar refractivity (Wildman–Crippen MR) is 98.5 cm³/mol. The summed E-state index contributed by atoms with van der Waals surface area (Å²) in [7, 11) is 0. The number of aromatic nitrogens is 2. The van der Waals surface area contributed by atoms with Crippen LogP contribution in [0.1, 0.15) is 17.0 Å². The van der Waals surface area contributed by atoms with E-state index in [-0.39, 0.29) is 6.61 Å². The Hall–Kier alpha value is -1.50. The van der Waals surface area contributed by atoms with Crippen LogP contribution in [0.3, 0.4) is 0 Å². The Morgan fingerprint density at radius 2 is 2.08 bits per heavy atom. The number of benzene rings is 2. The predicted octanol–water partition coefficient (Wildman–Crippen LogP) is 5.67. The molecule has 124 valence electrons.